The standard InChI is InChI=1S/C17H24O6/c1-9-4-5-13-10(2)17(21)23-16(13)6-12(8-18)15(7-14(9)20)22-11(3)19/h6,10,13-16,18,20H,1,4-5,7-8H2,2-3H3. The molecular weight excluding hydrogens is 300 g/mol. The number of aliphatic hydroxyl groups is 2. The predicted octanol–water partition coefficient (Wildman–Crippen LogP) is 1.12. The lowest BCUT2D eigenvalue weighted by Crippen LogP contribution is -2.30. The highest BCUT2D eigenvalue weighted by Crippen LogP contribution is 2.36. The van der Waals surface area contributed by atoms with E-state index in [1.54, 1.807) is 6.08 Å². The summed E-state index contributed by atoms with van der Waals surface area (Å²) in [5, 5.41) is 19.9. The molecule has 1 aliphatic carbocycles. The van der Waals surface area contributed by atoms with E-state index in [0.717, 1.165) is 0 Å². The second-order valence-electron chi connectivity index (χ2n) is 6.30. The lowest BCUT2D eigenvalue weighted by molar-refractivity contribution is -0.146. The summed E-state index contributed by atoms with van der Waals surface area (Å²) in [4.78, 5) is 23.2. The van der Waals surface area contributed by atoms with Crippen molar-refractivity contribution in [3.8, 4) is 0 Å². The normalized spacial score (nSPS) is 35.1. The molecule has 0 saturated carbocycles. The first-order valence-corrected chi connectivity index (χ1v) is 7.88. The average molecular weight is 324 g/mol. The van der Waals surface area contributed by atoms with Gasteiger partial charge in [0.1, 0.15) is 12.2 Å². The van der Waals surface area contributed by atoms with Gasteiger partial charge in [-0.05, 0) is 30.1 Å². The molecule has 1 heterocycles. The van der Waals surface area contributed by atoms with Gasteiger partial charge in [0.05, 0.1) is 18.6 Å². The Kier molecular flexibility index (Phi) is 5.59. The summed E-state index contributed by atoms with van der Waals surface area (Å²) < 4.78 is 10.6. The van der Waals surface area contributed by atoms with E-state index in [1.165, 1.54) is 6.92 Å². The van der Waals surface area contributed by atoms with E-state index in [2.05, 4.69) is 6.58 Å². The fourth-order valence-electron chi connectivity index (χ4n) is 3.20. The summed E-state index contributed by atoms with van der Waals surface area (Å²) in [7, 11) is 0. The van der Waals surface area contributed by atoms with Crippen molar-refractivity contribution in [2.45, 2.75) is 51.4 Å². The van der Waals surface area contributed by atoms with Crippen LogP contribution < -0.4 is 0 Å². The Bertz CT molecular complexity index is 523. The predicted molar refractivity (Wildman–Crippen MR) is 82.3 cm³/mol. The van der Waals surface area contributed by atoms with Gasteiger partial charge in [0.25, 0.3) is 0 Å². The van der Waals surface area contributed by atoms with Crippen LogP contribution >= 0.6 is 0 Å². The van der Waals surface area contributed by atoms with Crippen molar-refractivity contribution in [1.82, 2.24) is 0 Å². The Balaban J connectivity index is 2.37. The van der Waals surface area contributed by atoms with E-state index < -0.39 is 24.3 Å². The Morgan fingerprint density at radius 2 is 2.22 bits per heavy atom. The first-order valence-electron chi connectivity index (χ1n) is 7.88. The second kappa shape index (κ2) is 7.27. The first kappa shape index (κ1) is 17.7. The molecule has 2 aliphatic rings. The number of ether oxygens (including phenoxy) is 2. The first-order chi connectivity index (χ1) is 10.8. The number of carbonyl (C=O) groups is 2. The fourth-order valence-corrected chi connectivity index (χ4v) is 3.20. The van der Waals surface area contributed by atoms with Crippen LogP contribution in [0.15, 0.2) is 23.8 Å². The third-order valence-electron chi connectivity index (χ3n) is 4.68. The van der Waals surface area contributed by atoms with Crippen molar-refractivity contribution < 1.29 is 29.3 Å². The van der Waals surface area contributed by atoms with Crippen LogP contribution in [0.25, 0.3) is 0 Å². The molecule has 6 heteroatoms. The summed E-state index contributed by atoms with van der Waals surface area (Å²) in [6.45, 7) is 6.64. The summed E-state index contributed by atoms with van der Waals surface area (Å²) in [6.07, 6.45) is 0.975. The van der Waals surface area contributed by atoms with Crippen LogP contribution in [0.1, 0.15) is 33.1 Å². The van der Waals surface area contributed by atoms with Crippen LogP contribution in [-0.4, -0.2) is 47.1 Å². The van der Waals surface area contributed by atoms with E-state index in [9.17, 15) is 19.8 Å². The van der Waals surface area contributed by atoms with E-state index in [-0.39, 0.29) is 30.8 Å². The summed E-state index contributed by atoms with van der Waals surface area (Å²) in [6, 6.07) is 0. The molecule has 1 fully saturated rings. The van der Waals surface area contributed by atoms with Crippen LogP contribution in [0.5, 0.6) is 0 Å². The molecule has 0 bridgehead atoms. The third-order valence-corrected chi connectivity index (χ3v) is 4.68. The molecule has 0 spiro atoms. The van der Waals surface area contributed by atoms with Gasteiger partial charge in [-0.2, -0.15) is 0 Å². The van der Waals surface area contributed by atoms with Crippen LogP contribution in [0.3, 0.4) is 0 Å². The molecule has 1 saturated heterocycles. The lowest BCUT2D eigenvalue weighted by atomic mass is 9.83. The minimum atomic E-state index is -0.834. The highest BCUT2D eigenvalue weighted by molar-refractivity contribution is 5.75. The number of hydrogen-bond donors (Lipinski definition) is 2. The molecule has 128 valence electrons. The molecule has 23 heavy (non-hydrogen) atoms. The number of aliphatic hydroxyl groups excluding tert-OH is 2. The van der Waals surface area contributed by atoms with Crippen LogP contribution in [-0.2, 0) is 19.1 Å². The maximum absolute atomic E-state index is 11.9. The molecule has 1 aliphatic heterocycles. The lowest BCUT2D eigenvalue weighted by Gasteiger charge is -2.27. The molecule has 2 rings (SSSR count). The Labute approximate surface area is 135 Å². The summed E-state index contributed by atoms with van der Waals surface area (Å²) >= 11 is 0. The number of fused-ring (bicyclic) bond motifs is 1. The minimum Gasteiger partial charge on any atom is -0.458 e. The van der Waals surface area contributed by atoms with Crippen molar-refractivity contribution in [2.75, 3.05) is 6.61 Å². The monoisotopic (exact) mass is 324 g/mol. The molecule has 0 radical (unpaired) electrons. The second-order valence-corrected chi connectivity index (χ2v) is 6.30. The van der Waals surface area contributed by atoms with Gasteiger partial charge in [-0.25, -0.2) is 0 Å². The molecule has 5 atom stereocenters. The van der Waals surface area contributed by atoms with Gasteiger partial charge < -0.3 is 19.7 Å². The minimum absolute atomic E-state index is 0.0518. The van der Waals surface area contributed by atoms with Gasteiger partial charge >= 0.3 is 11.9 Å². The highest BCUT2D eigenvalue weighted by Gasteiger charge is 2.41. The Hall–Kier alpha value is -1.66. The van der Waals surface area contributed by atoms with Gasteiger partial charge in [0.15, 0.2) is 0 Å². The summed E-state index contributed by atoms with van der Waals surface area (Å²) in [5.41, 5.74) is 1.07. The van der Waals surface area contributed by atoms with E-state index in [4.69, 9.17) is 9.47 Å². The number of esters is 2. The van der Waals surface area contributed by atoms with Gasteiger partial charge in [0.2, 0.25) is 0 Å². The Morgan fingerprint density at radius 1 is 1.52 bits per heavy atom. The van der Waals surface area contributed by atoms with Crippen LogP contribution in [0, 0.1) is 11.8 Å². The molecule has 6 nitrogen and oxygen atoms in total. The average Bonchev–Trinajstić information content (AvgIpc) is 2.75. The highest BCUT2D eigenvalue weighted by atomic mass is 16.6. The zero-order chi connectivity index (χ0) is 17.1. The maximum atomic E-state index is 11.9. The largest absolute Gasteiger partial charge is 0.458 e. The number of rotatable bonds is 2. The number of carbonyl (C=O) groups excluding carboxylic acids is 2. The molecule has 0 aromatic carbocycles. The van der Waals surface area contributed by atoms with Gasteiger partial charge in [-0.3, -0.25) is 9.59 Å². The maximum Gasteiger partial charge on any atom is 0.309 e. The Morgan fingerprint density at radius 3 is 2.83 bits per heavy atom. The quantitative estimate of drug-likeness (QED) is 0.584. The van der Waals surface area contributed by atoms with Crippen molar-refractivity contribution in [1.29, 1.82) is 0 Å². The zero-order valence-electron chi connectivity index (χ0n) is 13.5. The third kappa shape index (κ3) is 4.00. The van der Waals surface area contributed by atoms with Crippen molar-refractivity contribution >= 4 is 11.9 Å². The van der Waals surface area contributed by atoms with E-state index >= 15 is 0 Å². The van der Waals surface area contributed by atoms with Crippen molar-refractivity contribution in [3.05, 3.63) is 23.8 Å². The van der Waals surface area contributed by atoms with Crippen LogP contribution in [0.4, 0.5) is 0 Å². The number of hydrogen-bond acceptors (Lipinski definition) is 6. The fraction of sp³-hybridized carbons (Fsp3) is 0.647. The van der Waals surface area contributed by atoms with Gasteiger partial charge in [0, 0.05) is 19.3 Å². The zero-order valence-corrected chi connectivity index (χ0v) is 13.5. The molecule has 0 amide bonds. The van der Waals surface area contributed by atoms with Crippen LogP contribution in [0.2, 0.25) is 0 Å². The SMILES string of the molecule is C=C1CCC2C(C=C(CO)C(OC(C)=O)CC1O)OC(=O)C2C. The van der Waals surface area contributed by atoms with E-state index in [1.807, 2.05) is 6.92 Å². The van der Waals surface area contributed by atoms with Gasteiger partial charge in [-0.1, -0.05) is 13.5 Å². The smallest absolute Gasteiger partial charge is 0.309 e. The topological polar surface area (TPSA) is 93.1 Å². The molecule has 0 aromatic rings. The van der Waals surface area contributed by atoms with Crippen molar-refractivity contribution in [2.24, 2.45) is 11.8 Å². The molecule has 0 aromatic heterocycles. The summed E-state index contributed by atoms with van der Waals surface area (Å²) in [5.74, 6) is -1.09. The molecule has 5 unspecified atom stereocenters. The van der Waals surface area contributed by atoms with E-state index in [0.29, 0.717) is 24.0 Å². The molecular formula is C17H24O6. The molecule has 2 N–H and O–H groups in total. The van der Waals surface area contributed by atoms with Crippen molar-refractivity contribution in [3.63, 3.8) is 0 Å². The van der Waals surface area contributed by atoms with Gasteiger partial charge in [-0.15, -0.1) is 0 Å².